The lowest BCUT2D eigenvalue weighted by atomic mass is 9.52. The summed E-state index contributed by atoms with van der Waals surface area (Å²) < 4.78 is 0. The van der Waals surface area contributed by atoms with Crippen LogP contribution in [0.3, 0.4) is 0 Å². The highest BCUT2D eigenvalue weighted by molar-refractivity contribution is 5.89. The van der Waals surface area contributed by atoms with E-state index in [1.165, 1.54) is 23.9 Å². The van der Waals surface area contributed by atoms with Crippen LogP contribution in [0, 0.1) is 17.8 Å². The van der Waals surface area contributed by atoms with Gasteiger partial charge in [0.1, 0.15) is 5.65 Å². The third-order valence-electron chi connectivity index (χ3n) is 6.02. The van der Waals surface area contributed by atoms with Gasteiger partial charge in [-0.3, -0.25) is 0 Å². The maximum Gasteiger partial charge on any atom is 0.139 e. The van der Waals surface area contributed by atoms with E-state index in [4.69, 9.17) is 0 Å². The predicted octanol–water partition coefficient (Wildman–Crippen LogP) is 2.91. The van der Waals surface area contributed by atoms with E-state index in [0.717, 1.165) is 30.8 Å². The molecule has 4 aliphatic rings. The topological polar surface area (TPSA) is 60.9 Å². The highest BCUT2D eigenvalue weighted by atomic mass is 16.3. The second-order valence-electron chi connectivity index (χ2n) is 7.46. The summed E-state index contributed by atoms with van der Waals surface area (Å²) >= 11 is 0. The van der Waals surface area contributed by atoms with Gasteiger partial charge in [-0.05, 0) is 62.0 Å². The molecule has 0 aliphatic heterocycles. The van der Waals surface area contributed by atoms with Crippen LogP contribution >= 0.6 is 0 Å². The number of hydrogen-bond donors (Lipinski definition) is 3. The monoisotopic (exact) mass is 283 g/mol. The maximum atomic E-state index is 10.7. The van der Waals surface area contributed by atoms with Crippen molar-refractivity contribution >= 4 is 16.7 Å². The number of H-pyrrole nitrogens is 1. The lowest BCUT2D eigenvalue weighted by Gasteiger charge is -2.58. The number of rotatable bonds is 2. The molecule has 6 rings (SSSR count). The molecule has 0 radical (unpaired) electrons. The van der Waals surface area contributed by atoms with Crippen molar-refractivity contribution in [3.63, 3.8) is 0 Å². The van der Waals surface area contributed by atoms with Gasteiger partial charge < -0.3 is 15.4 Å². The molecule has 0 spiro atoms. The Morgan fingerprint density at radius 1 is 1.19 bits per heavy atom. The number of aromatic nitrogens is 2. The summed E-state index contributed by atoms with van der Waals surface area (Å²) in [6.07, 6.45) is 9.41. The minimum atomic E-state index is -0.351. The second-order valence-corrected chi connectivity index (χ2v) is 7.46. The van der Waals surface area contributed by atoms with Crippen LogP contribution in [0.2, 0.25) is 0 Å². The molecule has 2 heterocycles. The van der Waals surface area contributed by atoms with Crippen LogP contribution in [0.1, 0.15) is 32.1 Å². The molecule has 5 atom stereocenters. The number of aromatic amines is 1. The number of nitrogens with one attached hydrogen (secondary N) is 2. The second kappa shape index (κ2) is 4.01. The number of pyridine rings is 1. The number of anilines is 1. The summed E-state index contributed by atoms with van der Waals surface area (Å²) in [7, 11) is 0. The number of aliphatic hydroxyl groups is 1. The Labute approximate surface area is 124 Å². The molecular formula is C17H21N3O. The largest absolute Gasteiger partial charge is 0.390 e. The number of fused-ring (bicyclic) bond motifs is 1. The molecule has 4 nitrogen and oxygen atoms in total. The van der Waals surface area contributed by atoms with E-state index in [-0.39, 0.29) is 5.60 Å². The summed E-state index contributed by atoms with van der Waals surface area (Å²) in [6, 6.07) is 4.69. The third kappa shape index (κ3) is 1.75. The van der Waals surface area contributed by atoms with Crippen molar-refractivity contribution < 1.29 is 5.11 Å². The van der Waals surface area contributed by atoms with E-state index in [1.807, 2.05) is 12.4 Å². The first-order chi connectivity index (χ1) is 10.2. The van der Waals surface area contributed by atoms with Crippen LogP contribution in [-0.2, 0) is 0 Å². The molecule has 4 saturated carbocycles. The Morgan fingerprint density at radius 3 is 2.76 bits per heavy atom. The molecule has 4 bridgehead atoms. The van der Waals surface area contributed by atoms with Crippen molar-refractivity contribution in [3.05, 3.63) is 24.5 Å². The highest BCUT2D eigenvalue weighted by Gasteiger charge is 2.54. The molecule has 2 aromatic heterocycles. The Hall–Kier alpha value is -1.55. The Bertz CT molecular complexity index is 678. The summed E-state index contributed by atoms with van der Waals surface area (Å²) in [6.45, 7) is 0. The molecule has 2 unspecified atom stereocenters. The molecule has 110 valence electrons. The Morgan fingerprint density at radius 2 is 2.00 bits per heavy atom. The maximum absolute atomic E-state index is 10.7. The summed E-state index contributed by atoms with van der Waals surface area (Å²) in [5.41, 5.74) is 1.78. The molecule has 2 aromatic rings. The molecule has 0 amide bonds. The SMILES string of the molecule is OC12CC3C[C@H](C1)[C@@H](Nc1ccnc4[nH]ccc14)[C@@H](C3)C2. The van der Waals surface area contributed by atoms with Crippen molar-refractivity contribution in [2.45, 2.75) is 43.7 Å². The Balaban J connectivity index is 1.48. The zero-order valence-corrected chi connectivity index (χ0v) is 12.0. The average Bonchev–Trinajstić information content (AvgIpc) is 2.90. The van der Waals surface area contributed by atoms with Gasteiger partial charge in [-0.2, -0.15) is 0 Å². The summed E-state index contributed by atoms with van der Waals surface area (Å²) in [4.78, 5) is 7.54. The first-order valence-corrected chi connectivity index (χ1v) is 8.11. The van der Waals surface area contributed by atoms with Crippen molar-refractivity contribution in [2.75, 3.05) is 5.32 Å². The molecular weight excluding hydrogens is 262 g/mol. The average molecular weight is 283 g/mol. The molecule has 21 heavy (non-hydrogen) atoms. The van der Waals surface area contributed by atoms with Crippen LogP contribution in [0.4, 0.5) is 5.69 Å². The molecule has 4 aliphatic carbocycles. The van der Waals surface area contributed by atoms with E-state index in [2.05, 4.69) is 27.4 Å². The quantitative estimate of drug-likeness (QED) is 0.794. The van der Waals surface area contributed by atoms with Crippen molar-refractivity contribution in [1.82, 2.24) is 9.97 Å². The fourth-order valence-corrected chi connectivity index (χ4v) is 5.48. The minimum absolute atomic E-state index is 0.351. The first kappa shape index (κ1) is 12.0. The number of nitrogens with zero attached hydrogens (tertiary/aromatic N) is 1. The molecule has 0 saturated heterocycles. The van der Waals surface area contributed by atoms with Gasteiger partial charge in [0.15, 0.2) is 0 Å². The van der Waals surface area contributed by atoms with E-state index < -0.39 is 0 Å². The van der Waals surface area contributed by atoms with Gasteiger partial charge >= 0.3 is 0 Å². The summed E-state index contributed by atoms with van der Waals surface area (Å²) in [5, 5.41) is 15.7. The zero-order chi connectivity index (χ0) is 14.0. The van der Waals surface area contributed by atoms with Gasteiger partial charge in [-0.1, -0.05) is 0 Å². The smallest absolute Gasteiger partial charge is 0.139 e. The molecule has 4 heteroatoms. The molecule has 0 aromatic carbocycles. The lowest BCUT2D eigenvalue weighted by Crippen LogP contribution is -2.58. The zero-order valence-electron chi connectivity index (χ0n) is 12.0. The fraction of sp³-hybridized carbons (Fsp3) is 0.588. The predicted molar refractivity (Wildman–Crippen MR) is 82.0 cm³/mol. The standard InChI is InChI=1S/C17H21N3O/c21-17-7-10-5-11(8-17)15(12(6-10)9-17)20-14-2-4-19-16-13(14)1-3-18-16/h1-4,10-12,15,21H,5-9H2,(H2,18,19,20)/t10?,11-,12+,15-,17?. The van der Waals surface area contributed by atoms with Crippen molar-refractivity contribution in [1.29, 1.82) is 0 Å². The van der Waals surface area contributed by atoms with Gasteiger partial charge in [0, 0.05) is 29.5 Å². The first-order valence-electron chi connectivity index (χ1n) is 8.11. The fourth-order valence-electron chi connectivity index (χ4n) is 5.48. The summed E-state index contributed by atoms with van der Waals surface area (Å²) in [5.74, 6) is 2.02. The van der Waals surface area contributed by atoms with Crippen molar-refractivity contribution in [2.24, 2.45) is 17.8 Å². The van der Waals surface area contributed by atoms with Gasteiger partial charge in [0.25, 0.3) is 0 Å². The van der Waals surface area contributed by atoms with Gasteiger partial charge in [-0.15, -0.1) is 0 Å². The van der Waals surface area contributed by atoms with Crippen LogP contribution < -0.4 is 5.32 Å². The van der Waals surface area contributed by atoms with E-state index >= 15 is 0 Å². The van der Waals surface area contributed by atoms with E-state index in [0.29, 0.717) is 17.9 Å². The van der Waals surface area contributed by atoms with Crippen molar-refractivity contribution in [3.8, 4) is 0 Å². The number of hydrogen-bond acceptors (Lipinski definition) is 3. The van der Waals surface area contributed by atoms with E-state index in [1.54, 1.807) is 0 Å². The highest BCUT2D eigenvalue weighted by Crippen LogP contribution is 2.56. The van der Waals surface area contributed by atoms with Crippen LogP contribution in [0.5, 0.6) is 0 Å². The van der Waals surface area contributed by atoms with Crippen LogP contribution in [0.15, 0.2) is 24.5 Å². The van der Waals surface area contributed by atoms with Gasteiger partial charge in [0.2, 0.25) is 0 Å². The van der Waals surface area contributed by atoms with E-state index in [9.17, 15) is 5.11 Å². The third-order valence-corrected chi connectivity index (χ3v) is 6.02. The van der Waals surface area contributed by atoms with Crippen LogP contribution in [-0.4, -0.2) is 26.7 Å². The van der Waals surface area contributed by atoms with Crippen LogP contribution in [0.25, 0.3) is 11.0 Å². The van der Waals surface area contributed by atoms with Gasteiger partial charge in [0.05, 0.1) is 5.60 Å². The molecule has 4 fully saturated rings. The molecule has 3 N–H and O–H groups in total. The Kier molecular flexibility index (Phi) is 2.30. The van der Waals surface area contributed by atoms with Gasteiger partial charge in [-0.25, -0.2) is 4.98 Å². The minimum Gasteiger partial charge on any atom is -0.390 e. The normalized spacial score (nSPS) is 40.8. The lowest BCUT2D eigenvalue weighted by molar-refractivity contribution is -0.129.